The van der Waals surface area contributed by atoms with Crippen LogP contribution in [0.5, 0.6) is 0 Å². The van der Waals surface area contributed by atoms with Crippen molar-refractivity contribution in [2.45, 2.75) is 18.6 Å². The Hall–Kier alpha value is -1.54. The first-order valence-corrected chi connectivity index (χ1v) is 6.61. The number of rotatable bonds is 2. The van der Waals surface area contributed by atoms with Gasteiger partial charge in [-0.3, -0.25) is 9.69 Å². The molecule has 0 saturated carbocycles. The average molecular weight is 256 g/mol. The second-order valence-electron chi connectivity index (χ2n) is 3.95. The summed E-state index contributed by atoms with van der Waals surface area (Å²) in [7, 11) is -3.70. The number of carbonyl (C=O) groups is 1. The molecule has 1 fully saturated rings. The van der Waals surface area contributed by atoms with Gasteiger partial charge in [0.15, 0.2) is 5.82 Å². The number of nitrogens with zero attached hydrogens (tertiary/aromatic N) is 3. The van der Waals surface area contributed by atoms with Gasteiger partial charge in [-0.05, 0) is 19.1 Å². The molecule has 1 saturated heterocycles. The second-order valence-corrected chi connectivity index (χ2v) is 5.80. The van der Waals surface area contributed by atoms with Crippen LogP contribution in [-0.4, -0.2) is 36.3 Å². The van der Waals surface area contributed by atoms with Crippen molar-refractivity contribution < 1.29 is 13.2 Å². The van der Waals surface area contributed by atoms with Crippen molar-refractivity contribution in [1.29, 1.82) is 0 Å². The summed E-state index contributed by atoms with van der Waals surface area (Å²) in [5.74, 6) is 0.0499. The molecule has 0 spiro atoms. The smallest absolute Gasteiger partial charge is 0.229 e. The molecule has 2 N–H and O–H groups in total. The number of primary sulfonamides is 1. The lowest BCUT2D eigenvalue weighted by molar-refractivity contribution is -0.117. The highest BCUT2D eigenvalue weighted by atomic mass is 32.2. The zero-order valence-corrected chi connectivity index (χ0v) is 10.0. The number of nitrogens with two attached hydrogens (primary N) is 1. The molecule has 0 radical (unpaired) electrons. The van der Waals surface area contributed by atoms with Crippen molar-refractivity contribution in [3.8, 4) is 0 Å². The van der Waals surface area contributed by atoms with Crippen LogP contribution in [-0.2, 0) is 14.8 Å². The van der Waals surface area contributed by atoms with E-state index in [1.807, 2.05) is 0 Å². The third-order valence-corrected chi connectivity index (χ3v) is 3.86. The van der Waals surface area contributed by atoms with E-state index >= 15 is 0 Å². The number of sulfonamides is 1. The lowest BCUT2D eigenvalue weighted by Gasteiger charge is -2.14. The molecule has 0 aromatic carbocycles. The molecule has 92 valence electrons. The van der Waals surface area contributed by atoms with Crippen LogP contribution >= 0.6 is 0 Å². The number of hydrogen-bond donors (Lipinski definition) is 1. The van der Waals surface area contributed by atoms with Crippen LogP contribution < -0.4 is 10.0 Å². The molecule has 0 bridgehead atoms. The SMILES string of the molecule is Cc1ccc(N2CC(S(N)(=O)=O)CC2=O)nn1. The second kappa shape index (κ2) is 4.04. The molecule has 1 unspecified atom stereocenters. The topological polar surface area (TPSA) is 106 Å². The highest BCUT2D eigenvalue weighted by Gasteiger charge is 2.37. The Morgan fingerprint density at radius 2 is 2.12 bits per heavy atom. The number of aryl methyl sites for hydroxylation is 1. The number of aromatic nitrogens is 2. The van der Waals surface area contributed by atoms with Gasteiger partial charge < -0.3 is 0 Å². The van der Waals surface area contributed by atoms with Gasteiger partial charge in [0.1, 0.15) is 5.25 Å². The van der Waals surface area contributed by atoms with Crippen molar-refractivity contribution in [1.82, 2.24) is 10.2 Å². The lowest BCUT2D eigenvalue weighted by Crippen LogP contribution is -2.32. The number of anilines is 1. The highest BCUT2D eigenvalue weighted by Crippen LogP contribution is 2.21. The highest BCUT2D eigenvalue weighted by molar-refractivity contribution is 7.89. The van der Waals surface area contributed by atoms with Gasteiger partial charge in [-0.25, -0.2) is 13.6 Å². The molecule has 17 heavy (non-hydrogen) atoms. The fourth-order valence-electron chi connectivity index (χ4n) is 1.65. The van der Waals surface area contributed by atoms with Crippen LogP contribution in [0.25, 0.3) is 0 Å². The molecule has 1 aliphatic heterocycles. The van der Waals surface area contributed by atoms with Crippen LogP contribution in [0, 0.1) is 6.92 Å². The van der Waals surface area contributed by atoms with Gasteiger partial charge in [-0.15, -0.1) is 5.10 Å². The fourth-order valence-corrected chi connectivity index (χ4v) is 2.38. The Morgan fingerprint density at radius 3 is 2.59 bits per heavy atom. The molecule has 1 aromatic heterocycles. The summed E-state index contributed by atoms with van der Waals surface area (Å²) in [5, 5.41) is 11.8. The maximum Gasteiger partial charge on any atom is 0.229 e. The molecule has 7 nitrogen and oxygen atoms in total. The van der Waals surface area contributed by atoms with Gasteiger partial charge in [0, 0.05) is 13.0 Å². The van der Waals surface area contributed by atoms with Crippen molar-refractivity contribution in [2.24, 2.45) is 5.14 Å². The molecule has 8 heteroatoms. The van der Waals surface area contributed by atoms with Crippen molar-refractivity contribution >= 4 is 21.7 Å². The quantitative estimate of drug-likeness (QED) is 0.744. The van der Waals surface area contributed by atoms with Crippen LogP contribution in [0.4, 0.5) is 5.82 Å². The first-order valence-electron chi connectivity index (χ1n) is 5.00. The molecule has 1 aliphatic rings. The number of hydrogen-bond acceptors (Lipinski definition) is 5. The summed E-state index contributed by atoms with van der Waals surface area (Å²) in [4.78, 5) is 12.9. The minimum absolute atomic E-state index is 0.0371. The molecule has 2 heterocycles. The predicted octanol–water partition coefficient (Wildman–Crippen LogP) is -0.821. The van der Waals surface area contributed by atoms with Gasteiger partial charge in [-0.2, -0.15) is 5.10 Å². The summed E-state index contributed by atoms with van der Waals surface area (Å²) in [5.41, 5.74) is 0.725. The molecule has 1 amide bonds. The monoisotopic (exact) mass is 256 g/mol. The van der Waals surface area contributed by atoms with E-state index in [4.69, 9.17) is 5.14 Å². The van der Waals surface area contributed by atoms with Crippen molar-refractivity contribution in [3.63, 3.8) is 0 Å². The van der Waals surface area contributed by atoms with Crippen LogP contribution in [0.1, 0.15) is 12.1 Å². The van der Waals surface area contributed by atoms with Crippen LogP contribution in [0.3, 0.4) is 0 Å². The van der Waals surface area contributed by atoms with E-state index in [0.717, 1.165) is 5.69 Å². The van der Waals surface area contributed by atoms with E-state index in [1.54, 1.807) is 19.1 Å². The van der Waals surface area contributed by atoms with E-state index in [0.29, 0.717) is 5.82 Å². The van der Waals surface area contributed by atoms with Crippen LogP contribution in [0.15, 0.2) is 12.1 Å². The van der Waals surface area contributed by atoms with Gasteiger partial charge >= 0.3 is 0 Å². The first-order chi connectivity index (χ1) is 7.88. The molecule has 1 atom stereocenters. The Labute approximate surface area is 98.7 Å². The molecule has 1 aromatic rings. The summed E-state index contributed by atoms with van der Waals surface area (Å²) in [6.07, 6.45) is -0.103. The van der Waals surface area contributed by atoms with E-state index in [9.17, 15) is 13.2 Å². The van der Waals surface area contributed by atoms with Crippen molar-refractivity contribution in [2.75, 3.05) is 11.4 Å². The minimum Gasteiger partial charge on any atom is -0.294 e. The van der Waals surface area contributed by atoms with E-state index in [-0.39, 0.29) is 18.9 Å². The molecule has 2 rings (SSSR count). The number of amides is 1. The third-order valence-electron chi connectivity index (χ3n) is 2.61. The Balaban J connectivity index is 2.24. The van der Waals surface area contributed by atoms with Crippen molar-refractivity contribution in [3.05, 3.63) is 17.8 Å². The van der Waals surface area contributed by atoms with Gasteiger partial charge in [0.25, 0.3) is 0 Å². The summed E-state index contributed by atoms with van der Waals surface area (Å²) in [6.45, 7) is 1.81. The summed E-state index contributed by atoms with van der Waals surface area (Å²) >= 11 is 0. The van der Waals surface area contributed by atoms with Gasteiger partial charge in [0.2, 0.25) is 15.9 Å². The minimum atomic E-state index is -3.70. The largest absolute Gasteiger partial charge is 0.294 e. The Kier molecular flexibility index (Phi) is 2.84. The lowest BCUT2D eigenvalue weighted by atomic mass is 10.4. The zero-order chi connectivity index (χ0) is 12.6. The zero-order valence-electron chi connectivity index (χ0n) is 9.20. The molecule has 0 aliphatic carbocycles. The van der Waals surface area contributed by atoms with Gasteiger partial charge in [0.05, 0.1) is 5.69 Å². The standard InChI is InChI=1S/C9H12N4O3S/c1-6-2-3-8(12-11-6)13-5-7(4-9(13)14)17(10,15)16/h2-3,7H,4-5H2,1H3,(H2,10,15,16). The maximum absolute atomic E-state index is 11.7. The molecular weight excluding hydrogens is 244 g/mol. The first kappa shape index (κ1) is 11.9. The Morgan fingerprint density at radius 1 is 1.41 bits per heavy atom. The van der Waals surface area contributed by atoms with E-state index < -0.39 is 15.3 Å². The summed E-state index contributed by atoms with van der Waals surface area (Å²) in [6, 6.07) is 3.34. The molecular formula is C9H12N4O3S. The Bertz CT molecular complexity index is 540. The predicted molar refractivity (Wildman–Crippen MR) is 60.6 cm³/mol. The van der Waals surface area contributed by atoms with E-state index in [1.165, 1.54) is 4.90 Å². The number of carbonyl (C=O) groups excluding carboxylic acids is 1. The summed E-state index contributed by atoms with van der Waals surface area (Å²) < 4.78 is 22.3. The fraction of sp³-hybridized carbons (Fsp3) is 0.444. The maximum atomic E-state index is 11.7. The average Bonchev–Trinajstić information content (AvgIpc) is 2.61. The van der Waals surface area contributed by atoms with Crippen LogP contribution in [0.2, 0.25) is 0 Å². The van der Waals surface area contributed by atoms with Gasteiger partial charge in [-0.1, -0.05) is 0 Å². The normalized spacial score (nSPS) is 20.9. The van der Waals surface area contributed by atoms with E-state index in [2.05, 4.69) is 10.2 Å². The third kappa shape index (κ3) is 2.42.